The predicted molar refractivity (Wildman–Crippen MR) is 244 cm³/mol. The number of para-hydroxylation sites is 8. The minimum atomic E-state index is 1.06. The van der Waals surface area contributed by atoms with E-state index in [1.54, 1.807) is 0 Å². The average molecular weight is 741 g/mol. The molecule has 0 radical (unpaired) electrons. The van der Waals surface area contributed by atoms with Gasteiger partial charge >= 0.3 is 0 Å². The van der Waals surface area contributed by atoms with E-state index in [-0.39, 0.29) is 0 Å². The molecule has 12 rings (SSSR count). The van der Waals surface area contributed by atoms with Crippen molar-refractivity contribution in [2.24, 2.45) is 0 Å². The highest BCUT2D eigenvalue weighted by molar-refractivity contribution is 6.14. The van der Waals surface area contributed by atoms with E-state index in [0.29, 0.717) is 0 Å². The predicted octanol–water partition coefficient (Wildman–Crippen LogP) is 14.4. The number of hydrogen-bond donors (Lipinski definition) is 0. The van der Waals surface area contributed by atoms with Crippen molar-refractivity contribution in [3.05, 3.63) is 218 Å². The Morgan fingerprint density at radius 3 is 0.897 bits per heavy atom. The zero-order valence-corrected chi connectivity index (χ0v) is 31.6. The Morgan fingerprint density at radius 2 is 0.534 bits per heavy atom. The third-order valence-electron chi connectivity index (χ3n) is 11.8. The van der Waals surface area contributed by atoms with Crippen LogP contribution in [0.1, 0.15) is 0 Å². The minimum Gasteiger partial charge on any atom is -0.308 e. The molecule has 9 aromatic carbocycles. The van der Waals surface area contributed by atoms with Gasteiger partial charge in [0.15, 0.2) is 0 Å². The van der Waals surface area contributed by atoms with Crippen molar-refractivity contribution in [3.63, 3.8) is 0 Å². The largest absolute Gasteiger partial charge is 0.308 e. The number of hydrogen-bond acceptors (Lipinski definition) is 1. The van der Waals surface area contributed by atoms with Gasteiger partial charge in [0, 0.05) is 43.7 Å². The molecule has 0 aliphatic rings. The molecule has 0 saturated heterocycles. The van der Waals surface area contributed by atoms with Crippen molar-refractivity contribution in [1.82, 2.24) is 13.7 Å². The van der Waals surface area contributed by atoms with Crippen LogP contribution in [0.5, 0.6) is 0 Å². The number of anilines is 3. The van der Waals surface area contributed by atoms with Crippen molar-refractivity contribution < 1.29 is 0 Å². The van der Waals surface area contributed by atoms with Crippen LogP contribution in [-0.4, -0.2) is 13.7 Å². The third-order valence-corrected chi connectivity index (χ3v) is 11.8. The summed E-state index contributed by atoms with van der Waals surface area (Å²) in [6, 6.07) is 79.3. The maximum Gasteiger partial charge on any atom is 0.0968 e. The van der Waals surface area contributed by atoms with E-state index in [1.807, 2.05) is 0 Å². The van der Waals surface area contributed by atoms with E-state index in [4.69, 9.17) is 0 Å². The van der Waals surface area contributed by atoms with Crippen LogP contribution in [0.25, 0.3) is 82.5 Å². The summed E-state index contributed by atoms with van der Waals surface area (Å²) in [6.45, 7) is 0. The van der Waals surface area contributed by atoms with Crippen molar-refractivity contribution in [1.29, 1.82) is 0 Å². The summed E-state index contributed by atoms with van der Waals surface area (Å²) in [5, 5.41) is 7.31. The molecule has 0 fully saturated rings. The normalized spacial score (nSPS) is 11.8. The lowest BCUT2D eigenvalue weighted by atomic mass is 10.1. The maximum atomic E-state index is 2.53. The van der Waals surface area contributed by atoms with Gasteiger partial charge < -0.3 is 18.6 Å². The highest BCUT2D eigenvalue weighted by Gasteiger charge is 2.29. The van der Waals surface area contributed by atoms with Gasteiger partial charge in [-0.25, -0.2) is 0 Å². The fraction of sp³-hybridized carbons (Fsp3) is 0. The lowest BCUT2D eigenvalue weighted by Gasteiger charge is -2.31. The van der Waals surface area contributed by atoms with Crippen molar-refractivity contribution >= 4 is 82.5 Å². The van der Waals surface area contributed by atoms with Gasteiger partial charge in [-0.1, -0.05) is 146 Å². The van der Waals surface area contributed by atoms with Gasteiger partial charge in [0.25, 0.3) is 0 Å². The van der Waals surface area contributed by atoms with Gasteiger partial charge in [0.1, 0.15) is 0 Å². The van der Waals surface area contributed by atoms with Gasteiger partial charge in [-0.15, -0.1) is 0 Å². The number of aromatic nitrogens is 3. The smallest absolute Gasteiger partial charge is 0.0968 e. The van der Waals surface area contributed by atoms with E-state index in [2.05, 4.69) is 237 Å². The summed E-state index contributed by atoms with van der Waals surface area (Å²) in [4.78, 5) is 2.42. The lowest BCUT2D eigenvalue weighted by molar-refractivity contribution is 1.04. The molecule has 0 atom stereocenters. The molecular weight excluding hydrogens is 705 g/mol. The van der Waals surface area contributed by atoms with E-state index in [0.717, 1.165) is 67.2 Å². The van der Waals surface area contributed by atoms with Crippen LogP contribution >= 0.6 is 0 Å². The number of rotatable bonds is 6. The number of fused-ring (bicyclic) bond motifs is 9. The van der Waals surface area contributed by atoms with E-state index >= 15 is 0 Å². The molecule has 0 N–H and O–H groups in total. The van der Waals surface area contributed by atoms with Gasteiger partial charge in [-0.3, -0.25) is 0 Å². The monoisotopic (exact) mass is 740 g/mol. The first-order chi connectivity index (χ1) is 28.8. The van der Waals surface area contributed by atoms with Gasteiger partial charge in [-0.2, -0.15) is 0 Å². The number of nitrogens with zero attached hydrogens (tertiary/aromatic N) is 4. The molecule has 3 heterocycles. The quantitative estimate of drug-likeness (QED) is 0.166. The Kier molecular flexibility index (Phi) is 7.20. The SMILES string of the molecule is c1ccc(N(c2ccccc2)c2ccc(-n3c4ccccc4c4ccccc43)c(-n3c4ccccc4c4ccccc43)c2-n2c3ccccc3c3ccccc32)cc1. The van der Waals surface area contributed by atoms with Crippen LogP contribution in [0.4, 0.5) is 17.1 Å². The fourth-order valence-corrected chi connectivity index (χ4v) is 9.45. The molecule has 58 heavy (non-hydrogen) atoms. The van der Waals surface area contributed by atoms with E-state index in [1.165, 1.54) is 32.3 Å². The summed E-state index contributed by atoms with van der Waals surface area (Å²) in [5.74, 6) is 0. The molecule has 0 spiro atoms. The minimum absolute atomic E-state index is 1.06. The molecule has 0 aliphatic heterocycles. The van der Waals surface area contributed by atoms with Crippen LogP contribution in [0.15, 0.2) is 218 Å². The van der Waals surface area contributed by atoms with Gasteiger partial charge in [0.2, 0.25) is 0 Å². The molecule has 0 saturated carbocycles. The third kappa shape index (κ3) is 4.69. The Labute approximate surface area is 335 Å². The summed E-state index contributed by atoms with van der Waals surface area (Å²) < 4.78 is 7.54. The highest BCUT2D eigenvalue weighted by atomic mass is 15.2. The summed E-state index contributed by atoms with van der Waals surface area (Å²) >= 11 is 0. The van der Waals surface area contributed by atoms with Gasteiger partial charge in [0.05, 0.1) is 55.8 Å². The molecule has 272 valence electrons. The fourth-order valence-electron chi connectivity index (χ4n) is 9.45. The molecule has 0 amide bonds. The van der Waals surface area contributed by atoms with Crippen LogP contribution in [0.3, 0.4) is 0 Å². The average Bonchev–Trinajstić information content (AvgIpc) is 3.93. The molecule has 0 unspecified atom stereocenters. The molecule has 4 heteroatoms. The molecule has 0 aliphatic carbocycles. The first-order valence-corrected chi connectivity index (χ1v) is 19.9. The van der Waals surface area contributed by atoms with Crippen LogP contribution < -0.4 is 4.90 Å². The second kappa shape index (κ2) is 12.9. The first kappa shape index (κ1) is 32.4. The van der Waals surface area contributed by atoms with Crippen LogP contribution in [0.2, 0.25) is 0 Å². The molecule has 3 aromatic heterocycles. The van der Waals surface area contributed by atoms with Crippen molar-refractivity contribution in [3.8, 4) is 17.1 Å². The van der Waals surface area contributed by atoms with E-state index < -0.39 is 0 Å². The summed E-state index contributed by atoms with van der Waals surface area (Å²) in [5.41, 5.74) is 13.4. The van der Waals surface area contributed by atoms with Crippen molar-refractivity contribution in [2.45, 2.75) is 0 Å². The summed E-state index contributed by atoms with van der Waals surface area (Å²) in [6.07, 6.45) is 0. The van der Waals surface area contributed by atoms with Crippen molar-refractivity contribution in [2.75, 3.05) is 4.90 Å². The standard InChI is InChI=1S/C54H36N4/c1-3-19-37(20-4-1)55(38-21-5-2-6-22-38)51-35-36-52(56-45-29-13-7-23-39(45)40-24-8-14-30-46(40)56)54(58-49-33-17-11-27-43(49)44-28-12-18-34-50(44)58)53(51)57-47-31-15-9-25-41(47)42-26-10-16-32-48(42)57/h1-36H. The topological polar surface area (TPSA) is 18.0 Å². The Bertz CT molecular complexity index is 3320. The van der Waals surface area contributed by atoms with Crippen LogP contribution in [-0.2, 0) is 0 Å². The lowest BCUT2D eigenvalue weighted by Crippen LogP contribution is -2.17. The zero-order valence-electron chi connectivity index (χ0n) is 31.6. The Balaban J connectivity index is 1.37. The highest BCUT2D eigenvalue weighted by Crippen LogP contribution is 2.48. The number of benzene rings is 9. The maximum absolute atomic E-state index is 2.53. The molecular formula is C54H36N4. The van der Waals surface area contributed by atoms with Crippen LogP contribution in [0, 0.1) is 0 Å². The Hall–Kier alpha value is -7.82. The summed E-state index contributed by atoms with van der Waals surface area (Å²) in [7, 11) is 0. The second-order valence-corrected chi connectivity index (χ2v) is 14.9. The molecule has 0 bridgehead atoms. The zero-order chi connectivity index (χ0) is 38.2. The Morgan fingerprint density at radius 1 is 0.241 bits per heavy atom. The second-order valence-electron chi connectivity index (χ2n) is 14.9. The van der Waals surface area contributed by atoms with Gasteiger partial charge in [-0.05, 0) is 72.8 Å². The van der Waals surface area contributed by atoms with E-state index in [9.17, 15) is 0 Å². The first-order valence-electron chi connectivity index (χ1n) is 19.9. The molecule has 4 nitrogen and oxygen atoms in total. The molecule has 12 aromatic rings.